The maximum Gasteiger partial charge on any atom is 0.0639 e. The van der Waals surface area contributed by atoms with Gasteiger partial charge in [-0.15, -0.1) is 0 Å². The van der Waals surface area contributed by atoms with E-state index in [1.165, 1.54) is 162 Å². The number of hydrogen-bond acceptors (Lipinski definition) is 13. The summed E-state index contributed by atoms with van der Waals surface area (Å²) in [6.07, 6.45) is 19.0. The summed E-state index contributed by atoms with van der Waals surface area (Å²) in [5.74, 6) is 0. The van der Waals surface area contributed by atoms with Crippen molar-refractivity contribution in [1.29, 1.82) is 0 Å². The molecule has 0 aromatic heterocycles. The molecule has 5 fully saturated rings. The van der Waals surface area contributed by atoms with Crippen molar-refractivity contribution in [1.82, 2.24) is 34.3 Å². The third-order valence-corrected chi connectivity index (χ3v) is 13.1. The zero-order valence-corrected chi connectivity index (χ0v) is 39.7. The molecule has 5 aliphatic rings. The minimum Gasteiger partial charge on any atom is -0.392 e. The molecule has 5 rings (SSSR count). The standard InChI is InChI=1S/C27H54N4O3.C21H43N3O3/c1-2-11-28(10-1)16-7-22-32-25-19-31(20-26-33-23-8-17-29-12-3-4-13-29)21-27-34-24-9-18-30-14-5-6-15-30;1-21(25)20-24(14-18-26-16-6-12-22-8-2-3-9-22)15-19-27-17-7-13-23-10-4-5-11-23/h1-27H2;21,25H,2-20H2,1H3. The van der Waals surface area contributed by atoms with Crippen LogP contribution < -0.4 is 0 Å². The van der Waals surface area contributed by atoms with E-state index in [0.29, 0.717) is 6.54 Å². The van der Waals surface area contributed by atoms with Crippen LogP contribution in [0.5, 0.6) is 0 Å². The highest BCUT2D eigenvalue weighted by Gasteiger charge is 2.15. The molecule has 5 heterocycles. The molecule has 0 amide bonds. The van der Waals surface area contributed by atoms with Gasteiger partial charge in [0, 0.05) is 105 Å². The number of hydrogen-bond donors (Lipinski definition) is 1. The van der Waals surface area contributed by atoms with Crippen LogP contribution in [-0.4, -0.2) is 249 Å². The van der Waals surface area contributed by atoms with Crippen LogP contribution in [0.4, 0.5) is 0 Å². The van der Waals surface area contributed by atoms with Gasteiger partial charge in [0.2, 0.25) is 0 Å². The summed E-state index contributed by atoms with van der Waals surface area (Å²) >= 11 is 0. The van der Waals surface area contributed by atoms with Crippen LogP contribution in [0, 0.1) is 0 Å². The molecule has 5 aliphatic heterocycles. The molecule has 0 bridgehead atoms. The molecule has 61 heavy (non-hydrogen) atoms. The van der Waals surface area contributed by atoms with E-state index in [0.717, 1.165) is 131 Å². The highest BCUT2D eigenvalue weighted by molar-refractivity contribution is 4.69. The maximum atomic E-state index is 9.71. The molecular formula is C48H97N7O6. The van der Waals surface area contributed by atoms with Gasteiger partial charge in [0.15, 0.2) is 0 Å². The van der Waals surface area contributed by atoms with Crippen LogP contribution in [0.3, 0.4) is 0 Å². The van der Waals surface area contributed by atoms with E-state index in [9.17, 15) is 5.11 Å². The summed E-state index contributed by atoms with van der Waals surface area (Å²) in [5.41, 5.74) is 0. The van der Waals surface area contributed by atoms with Crippen molar-refractivity contribution < 1.29 is 28.8 Å². The first kappa shape index (κ1) is 53.1. The summed E-state index contributed by atoms with van der Waals surface area (Å²) < 4.78 is 29.5. The molecule has 0 aromatic rings. The quantitative estimate of drug-likeness (QED) is 0.0894. The highest BCUT2D eigenvalue weighted by Crippen LogP contribution is 2.11. The number of likely N-dealkylation sites (tertiary alicyclic amines) is 5. The normalized spacial score (nSPS) is 20.3. The van der Waals surface area contributed by atoms with E-state index in [2.05, 4.69) is 34.3 Å². The smallest absolute Gasteiger partial charge is 0.0639 e. The SMILES string of the molecule is C1CCN(CCCOCCN(CCOCCCN2CCCC2)CCOCCCN2CCCC2)C1.CC(O)CN(CCOCCCN1CCCC1)CCOCCCN1CCCC1. The zero-order chi connectivity index (χ0) is 42.7. The van der Waals surface area contributed by atoms with Gasteiger partial charge in [-0.2, -0.15) is 0 Å². The maximum absolute atomic E-state index is 9.71. The lowest BCUT2D eigenvalue weighted by molar-refractivity contribution is 0.0484. The molecule has 5 saturated heterocycles. The molecule has 360 valence electrons. The van der Waals surface area contributed by atoms with Crippen molar-refractivity contribution in [3.05, 3.63) is 0 Å². The first-order chi connectivity index (χ1) is 30.1. The predicted octanol–water partition coefficient (Wildman–Crippen LogP) is 4.47. The van der Waals surface area contributed by atoms with Crippen LogP contribution >= 0.6 is 0 Å². The van der Waals surface area contributed by atoms with Gasteiger partial charge >= 0.3 is 0 Å². The van der Waals surface area contributed by atoms with E-state index in [1.807, 2.05) is 6.92 Å². The van der Waals surface area contributed by atoms with Crippen LogP contribution in [0.25, 0.3) is 0 Å². The number of aliphatic hydroxyl groups excluding tert-OH is 1. The molecule has 13 nitrogen and oxygen atoms in total. The van der Waals surface area contributed by atoms with E-state index in [-0.39, 0.29) is 6.10 Å². The molecule has 0 spiro atoms. The summed E-state index contributed by atoms with van der Waals surface area (Å²) in [6, 6.07) is 0. The van der Waals surface area contributed by atoms with E-state index >= 15 is 0 Å². The summed E-state index contributed by atoms with van der Waals surface area (Å²) in [4.78, 5) is 17.5. The third kappa shape index (κ3) is 28.2. The van der Waals surface area contributed by atoms with E-state index in [1.54, 1.807) is 0 Å². The van der Waals surface area contributed by atoms with Crippen molar-refractivity contribution in [3.63, 3.8) is 0 Å². The lowest BCUT2D eigenvalue weighted by Crippen LogP contribution is -2.36. The molecule has 0 radical (unpaired) electrons. The van der Waals surface area contributed by atoms with Crippen molar-refractivity contribution >= 4 is 0 Å². The lowest BCUT2D eigenvalue weighted by Gasteiger charge is -2.23. The summed E-state index contributed by atoms with van der Waals surface area (Å²) in [5, 5.41) is 9.71. The fourth-order valence-electron chi connectivity index (χ4n) is 9.46. The molecule has 1 N–H and O–H groups in total. The average molecular weight is 868 g/mol. The highest BCUT2D eigenvalue weighted by atomic mass is 16.5. The third-order valence-electron chi connectivity index (χ3n) is 13.1. The Morgan fingerprint density at radius 2 is 0.557 bits per heavy atom. The Kier molecular flexibility index (Phi) is 31.9. The van der Waals surface area contributed by atoms with Gasteiger partial charge in [-0.1, -0.05) is 0 Å². The molecule has 13 heteroatoms. The largest absolute Gasteiger partial charge is 0.392 e. The number of rotatable bonds is 37. The first-order valence-corrected chi connectivity index (χ1v) is 25.8. The van der Waals surface area contributed by atoms with Gasteiger partial charge in [0.05, 0.1) is 39.1 Å². The van der Waals surface area contributed by atoms with Gasteiger partial charge in [-0.25, -0.2) is 0 Å². The molecule has 0 aromatic carbocycles. The lowest BCUT2D eigenvalue weighted by atomic mass is 10.3. The number of ether oxygens (including phenoxy) is 5. The molecule has 1 unspecified atom stereocenters. The fraction of sp³-hybridized carbons (Fsp3) is 1.00. The fourth-order valence-corrected chi connectivity index (χ4v) is 9.46. The van der Waals surface area contributed by atoms with Crippen molar-refractivity contribution in [2.45, 2.75) is 109 Å². The summed E-state index contributed by atoms with van der Waals surface area (Å²) in [7, 11) is 0. The van der Waals surface area contributed by atoms with Crippen molar-refractivity contribution in [2.75, 3.05) is 204 Å². The molecule has 1 atom stereocenters. The minimum absolute atomic E-state index is 0.310. The van der Waals surface area contributed by atoms with Crippen LogP contribution in [0.1, 0.15) is 103 Å². The van der Waals surface area contributed by atoms with E-state index < -0.39 is 0 Å². The zero-order valence-electron chi connectivity index (χ0n) is 39.7. The average Bonchev–Trinajstić information content (AvgIpc) is 4.13. The summed E-state index contributed by atoms with van der Waals surface area (Å²) in [6.45, 7) is 34.1. The van der Waals surface area contributed by atoms with Crippen molar-refractivity contribution in [3.8, 4) is 0 Å². The van der Waals surface area contributed by atoms with Crippen LogP contribution in [-0.2, 0) is 23.7 Å². The Bertz CT molecular complexity index is 866. The predicted molar refractivity (Wildman–Crippen MR) is 250 cm³/mol. The minimum atomic E-state index is -0.310. The van der Waals surface area contributed by atoms with Crippen molar-refractivity contribution in [2.24, 2.45) is 0 Å². The molecular weight excluding hydrogens is 771 g/mol. The number of nitrogens with zero attached hydrogens (tertiary/aromatic N) is 7. The Morgan fingerprint density at radius 1 is 0.344 bits per heavy atom. The Morgan fingerprint density at radius 3 is 0.770 bits per heavy atom. The van der Waals surface area contributed by atoms with Crippen LogP contribution in [0.2, 0.25) is 0 Å². The second-order valence-electron chi connectivity index (χ2n) is 18.6. The Balaban J connectivity index is 0.000000276. The van der Waals surface area contributed by atoms with Gasteiger partial charge in [-0.3, -0.25) is 9.80 Å². The number of aliphatic hydroxyl groups is 1. The second-order valence-corrected chi connectivity index (χ2v) is 18.6. The second kappa shape index (κ2) is 36.7. The van der Waals surface area contributed by atoms with Gasteiger partial charge in [-0.05, 0) is 169 Å². The van der Waals surface area contributed by atoms with Gasteiger partial charge in [0.1, 0.15) is 0 Å². The molecule has 0 aliphatic carbocycles. The first-order valence-electron chi connectivity index (χ1n) is 25.8. The van der Waals surface area contributed by atoms with Crippen LogP contribution in [0.15, 0.2) is 0 Å². The Hall–Kier alpha value is -0.520. The van der Waals surface area contributed by atoms with Gasteiger partial charge in [0.25, 0.3) is 0 Å². The Labute approximate surface area is 375 Å². The monoisotopic (exact) mass is 868 g/mol. The topological polar surface area (TPSA) is 89.1 Å². The molecule has 0 saturated carbocycles. The van der Waals surface area contributed by atoms with E-state index in [4.69, 9.17) is 23.7 Å². The van der Waals surface area contributed by atoms with Gasteiger partial charge < -0.3 is 53.3 Å².